The van der Waals surface area contributed by atoms with Crippen molar-refractivity contribution >= 4 is 51.4 Å². The molecular weight excluding hydrogens is 369 g/mol. The Morgan fingerprint density at radius 2 is 1.92 bits per heavy atom. The molecule has 1 heterocycles. The van der Waals surface area contributed by atoms with Crippen molar-refractivity contribution in [3.8, 4) is 6.07 Å². The van der Waals surface area contributed by atoms with Crippen molar-refractivity contribution in [2.75, 3.05) is 18.4 Å². The molecule has 1 unspecified atom stereocenters. The molecule has 0 radical (unpaired) electrons. The Hall–Kier alpha value is -1.29. The summed E-state index contributed by atoms with van der Waals surface area (Å²) in [6, 6.07) is 2.07. The van der Waals surface area contributed by atoms with E-state index in [1.54, 1.807) is 18.7 Å². The molecule has 0 aliphatic heterocycles. The second kappa shape index (κ2) is 6.55. The van der Waals surface area contributed by atoms with Gasteiger partial charge in [-0.15, -0.1) is 34.5 Å². The minimum Gasteiger partial charge on any atom is -0.338 e. The van der Waals surface area contributed by atoms with Crippen molar-refractivity contribution in [1.82, 2.24) is 4.90 Å². The summed E-state index contributed by atoms with van der Waals surface area (Å²) in [6.45, 7) is 8.34. The topological polar surface area (TPSA) is 73.2 Å². The van der Waals surface area contributed by atoms with Crippen LogP contribution >= 0.6 is 34.5 Å². The molecule has 1 aliphatic carbocycles. The largest absolute Gasteiger partial charge is 0.338 e. The first-order valence-corrected chi connectivity index (χ1v) is 9.22. The standard InChI is InChI=1S/C16H19Cl2N3O2S/c1-5-21(6-2)13(22)11-9(3)10(7-19)12(24-11)20-14(23)15(4)8-16(15,17)18/h5-6,8H2,1-4H3,(H,20,23). The molecule has 1 atom stereocenters. The maximum atomic E-state index is 12.6. The van der Waals surface area contributed by atoms with Gasteiger partial charge in [0, 0.05) is 13.1 Å². The molecule has 1 N–H and O–H groups in total. The molecule has 1 aliphatic rings. The molecule has 1 aromatic heterocycles. The highest BCUT2D eigenvalue weighted by molar-refractivity contribution is 7.18. The number of nitrogens with zero attached hydrogens (tertiary/aromatic N) is 2. The van der Waals surface area contributed by atoms with E-state index in [-0.39, 0.29) is 11.8 Å². The molecule has 2 amide bonds. The quantitative estimate of drug-likeness (QED) is 0.777. The van der Waals surface area contributed by atoms with Gasteiger partial charge in [0.25, 0.3) is 5.91 Å². The number of hydrogen-bond donors (Lipinski definition) is 1. The van der Waals surface area contributed by atoms with E-state index in [1.807, 2.05) is 13.8 Å². The van der Waals surface area contributed by atoms with Crippen molar-refractivity contribution in [3.05, 3.63) is 16.0 Å². The Balaban J connectivity index is 2.33. The van der Waals surface area contributed by atoms with E-state index in [1.165, 1.54) is 0 Å². The van der Waals surface area contributed by atoms with Crippen molar-refractivity contribution in [1.29, 1.82) is 5.26 Å². The fourth-order valence-electron chi connectivity index (χ4n) is 2.48. The zero-order valence-electron chi connectivity index (χ0n) is 14.0. The lowest BCUT2D eigenvalue weighted by atomic mass is 10.1. The number of nitriles is 1. The number of rotatable bonds is 5. The van der Waals surface area contributed by atoms with Crippen LogP contribution < -0.4 is 5.32 Å². The number of thiophene rings is 1. The summed E-state index contributed by atoms with van der Waals surface area (Å²) >= 11 is 13.2. The number of nitrogens with one attached hydrogen (secondary N) is 1. The predicted octanol–water partition coefficient (Wildman–Crippen LogP) is 3.93. The van der Waals surface area contributed by atoms with E-state index in [0.717, 1.165) is 11.3 Å². The molecule has 1 aromatic rings. The van der Waals surface area contributed by atoms with Crippen molar-refractivity contribution in [2.24, 2.45) is 5.41 Å². The minimum atomic E-state index is -1.09. The molecular formula is C16H19Cl2N3O2S. The van der Waals surface area contributed by atoms with Crippen LogP contribution in [0.1, 0.15) is 48.0 Å². The molecule has 8 heteroatoms. The summed E-state index contributed by atoms with van der Waals surface area (Å²) in [5.41, 5.74) is 0.00515. The highest BCUT2D eigenvalue weighted by Gasteiger charge is 2.68. The van der Waals surface area contributed by atoms with Crippen LogP contribution in [0.15, 0.2) is 0 Å². The molecule has 24 heavy (non-hydrogen) atoms. The third-order valence-electron chi connectivity index (χ3n) is 4.49. The molecule has 0 bridgehead atoms. The molecule has 1 saturated carbocycles. The lowest BCUT2D eigenvalue weighted by Crippen LogP contribution is -2.30. The highest BCUT2D eigenvalue weighted by Crippen LogP contribution is 2.64. The van der Waals surface area contributed by atoms with Gasteiger partial charge in [-0.05, 0) is 39.7 Å². The van der Waals surface area contributed by atoms with Crippen molar-refractivity contribution in [3.63, 3.8) is 0 Å². The zero-order valence-corrected chi connectivity index (χ0v) is 16.3. The van der Waals surface area contributed by atoms with E-state index in [9.17, 15) is 14.9 Å². The van der Waals surface area contributed by atoms with E-state index in [2.05, 4.69) is 11.4 Å². The first kappa shape index (κ1) is 19.0. The number of halogens is 2. The average molecular weight is 388 g/mol. The van der Waals surface area contributed by atoms with Crippen LogP contribution in [-0.4, -0.2) is 34.1 Å². The van der Waals surface area contributed by atoms with Gasteiger partial charge in [-0.3, -0.25) is 9.59 Å². The van der Waals surface area contributed by atoms with Gasteiger partial charge < -0.3 is 10.2 Å². The Kier molecular flexibility index (Phi) is 5.19. The van der Waals surface area contributed by atoms with Gasteiger partial charge in [0.2, 0.25) is 5.91 Å². The van der Waals surface area contributed by atoms with Crippen molar-refractivity contribution in [2.45, 2.75) is 38.4 Å². The normalized spacial score (nSPS) is 21.0. The van der Waals surface area contributed by atoms with Gasteiger partial charge in [0.15, 0.2) is 0 Å². The van der Waals surface area contributed by atoms with Gasteiger partial charge in [-0.25, -0.2) is 0 Å². The maximum Gasteiger partial charge on any atom is 0.264 e. The van der Waals surface area contributed by atoms with Crippen LogP contribution in [0.4, 0.5) is 5.00 Å². The van der Waals surface area contributed by atoms with Gasteiger partial charge in [-0.1, -0.05) is 0 Å². The van der Waals surface area contributed by atoms with Crippen LogP contribution in [0.5, 0.6) is 0 Å². The molecule has 0 spiro atoms. The number of alkyl halides is 2. The summed E-state index contributed by atoms with van der Waals surface area (Å²) < 4.78 is -1.09. The van der Waals surface area contributed by atoms with E-state index in [0.29, 0.717) is 40.5 Å². The van der Waals surface area contributed by atoms with Crippen LogP contribution in [0.25, 0.3) is 0 Å². The molecule has 0 saturated heterocycles. The number of carbonyl (C=O) groups excluding carboxylic acids is 2. The molecule has 130 valence electrons. The monoisotopic (exact) mass is 387 g/mol. The van der Waals surface area contributed by atoms with E-state index >= 15 is 0 Å². The summed E-state index contributed by atoms with van der Waals surface area (Å²) in [7, 11) is 0. The van der Waals surface area contributed by atoms with Gasteiger partial charge in [-0.2, -0.15) is 5.26 Å². The summed E-state index contributed by atoms with van der Waals surface area (Å²) in [5.74, 6) is -0.478. The second-order valence-electron chi connectivity index (χ2n) is 6.02. The van der Waals surface area contributed by atoms with Gasteiger partial charge in [0.1, 0.15) is 15.4 Å². The Morgan fingerprint density at radius 1 is 1.38 bits per heavy atom. The highest BCUT2D eigenvalue weighted by atomic mass is 35.5. The zero-order chi connectivity index (χ0) is 18.3. The summed E-state index contributed by atoms with van der Waals surface area (Å²) in [6.07, 6.45) is 0.354. The van der Waals surface area contributed by atoms with Crippen LogP contribution in [0, 0.1) is 23.7 Å². The first-order valence-electron chi connectivity index (χ1n) is 7.65. The Morgan fingerprint density at radius 3 is 2.33 bits per heavy atom. The predicted molar refractivity (Wildman–Crippen MR) is 96.8 cm³/mol. The number of hydrogen-bond acceptors (Lipinski definition) is 4. The van der Waals surface area contributed by atoms with Crippen LogP contribution in [0.2, 0.25) is 0 Å². The lowest BCUT2D eigenvalue weighted by Gasteiger charge is -2.17. The Bertz CT molecular complexity index is 734. The number of carbonyl (C=O) groups is 2. The third kappa shape index (κ3) is 3.01. The number of amides is 2. The fourth-order valence-corrected chi connectivity index (χ4v) is 4.31. The summed E-state index contributed by atoms with van der Waals surface area (Å²) in [5, 5.41) is 12.5. The lowest BCUT2D eigenvalue weighted by molar-refractivity contribution is -0.120. The average Bonchev–Trinajstić information content (AvgIpc) is 2.89. The maximum absolute atomic E-state index is 12.6. The second-order valence-corrected chi connectivity index (χ2v) is 8.52. The van der Waals surface area contributed by atoms with Crippen molar-refractivity contribution < 1.29 is 9.59 Å². The van der Waals surface area contributed by atoms with Crippen LogP contribution in [0.3, 0.4) is 0 Å². The van der Waals surface area contributed by atoms with Gasteiger partial charge in [0.05, 0.1) is 15.9 Å². The van der Waals surface area contributed by atoms with E-state index < -0.39 is 9.75 Å². The molecule has 5 nitrogen and oxygen atoms in total. The molecule has 1 fully saturated rings. The number of anilines is 1. The SMILES string of the molecule is CCN(CC)C(=O)c1sc(NC(=O)C2(C)CC2(Cl)Cl)c(C#N)c1C. The smallest absolute Gasteiger partial charge is 0.264 e. The molecule has 0 aromatic carbocycles. The van der Waals surface area contributed by atoms with Crippen LogP contribution in [-0.2, 0) is 4.79 Å². The fraction of sp³-hybridized carbons (Fsp3) is 0.562. The summed E-state index contributed by atoms with van der Waals surface area (Å²) in [4.78, 5) is 27.2. The first-order chi connectivity index (χ1) is 11.1. The van der Waals surface area contributed by atoms with E-state index in [4.69, 9.17) is 23.2 Å². The van der Waals surface area contributed by atoms with Gasteiger partial charge >= 0.3 is 0 Å². The third-order valence-corrected chi connectivity index (χ3v) is 6.79. The Labute approximate surface area is 155 Å². The molecule has 2 rings (SSSR count). The minimum absolute atomic E-state index is 0.138.